The van der Waals surface area contributed by atoms with E-state index in [1.165, 1.54) is 0 Å². The number of fused-ring (bicyclic) bond motifs is 1. The number of carbonyl (C=O) groups is 1. The number of carbonyl (C=O) groups excluding carboxylic acids is 1. The zero-order valence-corrected chi connectivity index (χ0v) is 6.79. The Balaban J connectivity index is 2.09. The van der Waals surface area contributed by atoms with Crippen LogP contribution in [0.4, 0.5) is 0 Å². The molecule has 0 aromatic heterocycles. The number of primary amides is 1. The summed E-state index contributed by atoms with van der Waals surface area (Å²) < 4.78 is 0. The number of hydrazine groups is 1. The summed E-state index contributed by atoms with van der Waals surface area (Å²) in [7, 11) is 0. The van der Waals surface area contributed by atoms with E-state index in [4.69, 9.17) is 5.73 Å². The minimum atomic E-state index is -0.530. The highest BCUT2D eigenvalue weighted by Gasteiger charge is 2.29. The van der Waals surface area contributed by atoms with Gasteiger partial charge in [0.1, 0.15) is 5.84 Å². The van der Waals surface area contributed by atoms with Crippen LogP contribution in [0.1, 0.15) is 19.3 Å². The Labute approximate surface area is 70.6 Å². The Hall–Kier alpha value is -1.10. The molecule has 1 fully saturated rings. The van der Waals surface area contributed by atoms with E-state index in [0.29, 0.717) is 0 Å². The smallest absolute Gasteiger partial charge is 0.258 e. The second-order valence-electron chi connectivity index (χ2n) is 3.09. The minimum Gasteiger partial charge on any atom is -0.367 e. The predicted molar refractivity (Wildman–Crippen MR) is 44.1 cm³/mol. The Kier molecular flexibility index (Phi) is 1.73. The van der Waals surface area contributed by atoms with Gasteiger partial charge in [0.2, 0.25) is 0 Å². The number of nitrogens with one attached hydrogen (secondary N) is 1. The van der Waals surface area contributed by atoms with Crippen molar-refractivity contribution in [1.82, 2.24) is 10.4 Å². The lowest BCUT2D eigenvalue weighted by Crippen LogP contribution is -2.46. The number of piperidine rings is 1. The molecule has 1 atom stereocenters. The molecule has 1 unspecified atom stereocenters. The van der Waals surface area contributed by atoms with Crippen molar-refractivity contribution in [3.63, 3.8) is 0 Å². The molecule has 2 rings (SSSR count). The van der Waals surface area contributed by atoms with Gasteiger partial charge in [-0.1, -0.05) is 0 Å². The Morgan fingerprint density at radius 1 is 1.67 bits per heavy atom. The van der Waals surface area contributed by atoms with Crippen molar-refractivity contribution in [2.24, 2.45) is 10.7 Å². The van der Waals surface area contributed by atoms with Crippen LogP contribution in [-0.4, -0.2) is 29.5 Å². The van der Waals surface area contributed by atoms with E-state index in [-0.39, 0.29) is 0 Å². The van der Waals surface area contributed by atoms with E-state index in [0.717, 1.165) is 31.6 Å². The van der Waals surface area contributed by atoms with Gasteiger partial charge in [0.05, 0.1) is 0 Å². The van der Waals surface area contributed by atoms with E-state index in [2.05, 4.69) is 10.4 Å². The number of rotatable bonds is 1. The highest BCUT2D eigenvalue weighted by Crippen LogP contribution is 2.15. The van der Waals surface area contributed by atoms with Crippen LogP contribution in [0.25, 0.3) is 0 Å². The SMILES string of the molecule is NC(=O)C1N=C2CCCCN2N1. The molecule has 0 bridgehead atoms. The molecule has 0 saturated carbocycles. The summed E-state index contributed by atoms with van der Waals surface area (Å²) in [4.78, 5) is 14.9. The highest BCUT2D eigenvalue weighted by atomic mass is 16.2. The lowest BCUT2D eigenvalue weighted by atomic mass is 10.1. The summed E-state index contributed by atoms with van der Waals surface area (Å²) in [5.74, 6) is 0.571. The lowest BCUT2D eigenvalue weighted by molar-refractivity contribution is -0.120. The normalized spacial score (nSPS) is 28.2. The maximum atomic E-state index is 10.8. The average Bonchev–Trinajstić information content (AvgIpc) is 2.46. The second kappa shape index (κ2) is 2.75. The highest BCUT2D eigenvalue weighted by molar-refractivity contribution is 5.90. The van der Waals surface area contributed by atoms with Crippen LogP contribution >= 0.6 is 0 Å². The first-order valence-corrected chi connectivity index (χ1v) is 4.17. The van der Waals surface area contributed by atoms with Crippen LogP contribution in [0.2, 0.25) is 0 Å². The van der Waals surface area contributed by atoms with E-state index >= 15 is 0 Å². The van der Waals surface area contributed by atoms with Crippen molar-refractivity contribution >= 4 is 11.7 Å². The summed E-state index contributed by atoms with van der Waals surface area (Å²) in [5.41, 5.74) is 8.06. The molecule has 5 nitrogen and oxygen atoms in total. The lowest BCUT2D eigenvalue weighted by Gasteiger charge is -2.24. The minimum absolute atomic E-state index is 0.406. The first-order valence-electron chi connectivity index (χ1n) is 4.17. The monoisotopic (exact) mass is 168 g/mol. The van der Waals surface area contributed by atoms with E-state index < -0.39 is 12.1 Å². The van der Waals surface area contributed by atoms with Crippen LogP contribution in [0, 0.1) is 0 Å². The molecule has 0 aliphatic carbocycles. The van der Waals surface area contributed by atoms with Gasteiger partial charge in [-0.2, -0.15) is 0 Å². The maximum absolute atomic E-state index is 10.8. The fourth-order valence-corrected chi connectivity index (χ4v) is 1.54. The van der Waals surface area contributed by atoms with Gasteiger partial charge in [0.15, 0.2) is 6.17 Å². The first-order chi connectivity index (χ1) is 5.77. The van der Waals surface area contributed by atoms with Crippen molar-refractivity contribution in [3.8, 4) is 0 Å². The molecule has 0 aromatic rings. The Morgan fingerprint density at radius 2 is 2.50 bits per heavy atom. The van der Waals surface area contributed by atoms with Crippen molar-refractivity contribution in [3.05, 3.63) is 0 Å². The third kappa shape index (κ3) is 1.16. The molecule has 0 aromatic carbocycles. The van der Waals surface area contributed by atoms with Gasteiger partial charge < -0.3 is 5.73 Å². The maximum Gasteiger partial charge on any atom is 0.258 e. The molecular weight excluding hydrogens is 156 g/mol. The van der Waals surface area contributed by atoms with Crippen LogP contribution in [-0.2, 0) is 4.79 Å². The number of nitrogens with zero attached hydrogens (tertiary/aromatic N) is 2. The van der Waals surface area contributed by atoms with Gasteiger partial charge >= 0.3 is 0 Å². The molecule has 1 amide bonds. The summed E-state index contributed by atoms with van der Waals surface area (Å²) >= 11 is 0. The predicted octanol–water partition coefficient (Wildman–Crippen LogP) is -0.800. The van der Waals surface area contributed by atoms with Crippen LogP contribution < -0.4 is 11.2 Å². The molecule has 2 aliphatic heterocycles. The third-order valence-corrected chi connectivity index (χ3v) is 2.17. The first kappa shape index (κ1) is 7.54. The van der Waals surface area contributed by atoms with Crippen LogP contribution in [0.3, 0.4) is 0 Å². The number of amides is 1. The van der Waals surface area contributed by atoms with Crippen LogP contribution in [0.5, 0.6) is 0 Å². The molecule has 0 radical (unpaired) electrons. The third-order valence-electron chi connectivity index (χ3n) is 2.17. The Bertz CT molecular complexity index is 238. The summed E-state index contributed by atoms with van der Waals surface area (Å²) in [5, 5.41) is 1.93. The molecular formula is C7H12N4O. The van der Waals surface area contributed by atoms with Gasteiger partial charge in [0, 0.05) is 13.0 Å². The van der Waals surface area contributed by atoms with Gasteiger partial charge in [-0.3, -0.25) is 9.80 Å². The summed E-state index contributed by atoms with van der Waals surface area (Å²) in [6, 6.07) is 0. The number of hydrogen-bond donors (Lipinski definition) is 2. The molecule has 5 heteroatoms. The van der Waals surface area contributed by atoms with Crippen LogP contribution in [0.15, 0.2) is 4.99 Å². The van der Waals surface area contributed by atoms with E-state index in [9.17, 15) is 4.79 Å². The fraction of sp³-hybridized carbons (Fsp3) is 0.714. The van der Waals surface area contributed by atoms with Gasteiger partial charge in [-0.25, -0.2) is 10.4 Å². The molecule has 66 valence electrons. The van der Waals surface area contributed by atoms with Gasteiger partial charge in [-0.15, -0.1) is 0 Å². The molecule has 2 aliphatic rings. The molecule has 3 N–H and O–H groups in total. The largest absolute Gasteiger partial charge is 0.367 e. The molecule has 1 saturated heterocycles. The Morgan fingerprint density at radius 3 is 3.17 bits per heavy atom. The number of hydrogen-bond acceptors (Lipinski definition) is 4. The van der Waals surface area contributed by atoms with Crippen molar-refractivity contribution in [2.45, 2.75) is 25.4 Å². The molecule has 0 spiro atoms. The average molecular weight is 168 g/mol. The van der Waals surface area contributed by atoms with Crippen molar-refractivity contribution in [2.75, 3.05) is 6.54 Å². The standard InChI is InChI=1S/C7H12N4O/c8-6(12)7-9-5-3-1-2-4-11(5)10-7/h7,10H,1-4H2,(H2,8,12). The van der Waals surface area contributed by atoms with E-state index in [1.54, 1.807) is 0 Å². The molecule has 12 heavy (non-hydrogen) atoms. The van der Waals surface area contributed by atoms with Gasteiger partial charge in [-0.05, 0) is 12.8 Å². The van der Waals surface area contributed by atoms with Gasteiger partial charge in [0.25, 0.3) is 5.91 Å². The molecule has 2 heterocycles. The quantitative estimate of drug-likeness (QED) is 0.538. The van der Waals surface area contributed by atoms with Crippen molar-refractivity contribution in [1.29, 1.82) is 0 Å². The number of nitrogens with two attached hydrogens (primary N) is 1. The second-order valence-corrected chi connectivity index (χ2v) is 3.09. The zero-order valence-electron chi connectivity index (χ0n) is 6.79. The topological polar surface area (TPSA) is 70.7 Å². The fourth-order valence-electron chi connectivity index (χ4n) is 1.54. The van der Waals surface area contributed by atoms with Crippen molar-refractivity contribution < 1.29 is 4.79 Å². The number of amidine groups is 1. The summed E-state index contributed by atoms with van der Waals surface area (Å²) in [6.45, 7) is 0.933. The number of aliphatic imine (C=N–C) groups is 1. The summed E-state index contributed by atoms with van der Waals surface area (Å²) in [6.07, 6.45) is 2.73. The van der Waals surface area contributed by atoms with E-state index in [1.807, 2.05) is 5.01 Å². The zero-order chi connectivity index (χ0) is 8.55.